The molecule has 1 saturated heterocycles. The first-order valence-electron chi connectivity index (χ1n) is 5.58. The zero-order valence-electron chi connectivity index (χ0n) is 9.50. The third kappa shape index (κ3) is 2.94. The van der Waals surface area contributed by atoms with Crippen LogP contribution in [0.3, 0.4) is 0 Å². The van der Waals surface area contributed by atoms with E-state index in [-0.39, 0.29) is 11.8 Å². The van der Waals surface area contributed by atoms with Gasteiger partial charge in [0.15, 0.2) is 0 Å². The van der Waals surface area contributed by atoms with Crippen LogP contribution in [0.4, 0.5) is 0 Å². The van der Waals surface area contributed by atoms with Crippen molar-refractivity contribution in [1.29, 1.82) is 0 Å². The SMILES string of the molecule is NC(=S)C(c1ccc(O)cc1)N1CCOCC1. The molecule has 1 unspecified atom stereocenters. The standard InChI is InChI=1S/C12H16N2O2S/c13-12(17)11(14-5-7-16-8-6-14)9-1-3-10(15)4-2-9/h1-4,11,15H,5-8H2,(H2,13,17). The quantitative estimate of drug-likeness (QED) is 0.788. The number of rotatable bonds is 3. The number of phenols is 1. The predicted octanol–water partition coefficient (Wildman–Crippen LogP) is 1.05. The van der Waals surface area contributed by atoms with Crippen molar-refractivity contribution >= 4 is 17.2 Å². The Morgan fingerprint density at radius 1 is 1.29 bits per heavy atom. The lowest BCUT2D eigenvalue weighted by Gasteiger charge is -2.34. The highest BCUT2D eigenvalue weighted by Crippen LogP contribution is 2.23. The molecule has 92 valence electrons. The minimum Gasteiger partial charge on any atom is -0.508 e. The molecule has 4 nitrogen and oxygen atoms in total. The highest BCUT2D eigenvalue weighted by atomic mass is 32.1. The van der Waals surface area contributed by atoms with E-state index < -0.39 is 0 Å². The first-order valence-corrected chi connectivity index (χ1v) is 5.99. The zero-order valence-corrected chi connectivity index (χ0v) is 10.3. The van der Waals surface area contributed by atoms with Crippen LogP contribution in [0, 0.1) is 0 Å². The predicted molar refractivity (Wildman–Crippen MR) is 70.0 cm³/mol. The van der Waals surface area contributed by atoms with Crippen LogP contribution in [0.5, 0.6) is 5.75 Å². The van der Waals surface area contributed by atoms with Gasteiger partial charge in [0.2, 0.25) is 0 Å². The highest BCUT2D eigenvalue weighted by molar-refractivity contribution is 7.80. The van der Waals surface area contributed by atoms with E-state index in [0.29, 0.717) is 18.2 Å². The Kier molecular flexibility index (Phi) is 3.93. The fourth-order valence-corrected chi connectivity index (χ4v) is 2.33. The molecule has 0 aliphatic carbocycles. The summed E-state index contributed by atoms with van der Waals surface area (Å²) in [6.45, 7) is 3.06. The highest BCUT2D eigenvalue weighted by Gasteiger charge is 2.24. The number of thiocarbonyl (C=S) groups is 1. The Morgan fingerprint density at radius 3 is 2.41 bits per heavy atom. The van der Waals surface area contributed by atoms with Gasteiger partial charge < -0.3 is 15.6 Å². The summed E-state index contributed by atoms with van der Waals surface area (Å²) in [7, 11) is 0. The number of hydrogen-bond donors (Lipinski definition) is 2. The number of aromatic hydroxyl groups is 1. The molecule has 1 atom stereocenters. The van der Waals surface area contributed by atoms with Crippen LogP contribution in [0.1, 0.15) is 11.6 Å². The van der Waals surface area contributed by atoms with Crippen molar-refractivity contribution in [2.45, 2.75) is 6.04 Å². The summed E-state index contributed by atoms with van der Waals surface area (Å²) < 4.78 is 5.32. The molecule has 1 aliphatic heterocycles. The Labute approximate surface area is 106 Å². The van der Waals surface area contributed by atoms with Crippen LogP contribution in [-0.2, 0) is 4.74 Å². The van der Waals surface area contributed by atoms with Crippen molar-refractivity contribution in [3.8, 4) is 5.75 Å². The smallest absolute Gasteiger partial charge is 0.115 e. The van der Waals surface area contributed by atoms with Gasteiger partial charge in [-0.15, -0.1) is 0 Å². The van der Waals surface area contributed by atoms with Gasteiger partial charge in [-0.3, -0.25) is 4.90 Å². The zero-order chi connectivity index (χ0) is 12.3. The molecule has 3 N–H and O–H groups in total. The fraction of sp³-hybridized carbons (Fsp3) is 0.417. The molecule has 1 aromatic rings. The van der Waals surface area contributed by atoms with Crippen LogP contribution in [0.15, 0.2) is 24.3 Å². The van der Waals surface area contributed by atoms with E-state index in [0.717, 1.165) is 18.7 Å². The number of hydrogen-bond acceptors (Lipinski definition) is 4. The molecule has 1 heterocycles. The summed E-state index contributed by atoms with van der Waals surface area (Å²) in [6, 6.07) is 6.94. The topological polar surface area (TPSA) is 58.7 Å². The Morgan fingerprint density at radius 2 is 1.88 bits per heavy atom. The first-order chi connectivity index (χ1) is 8.18. The molecule has 17 heavy (non-hydrogen) atoms. The van der Waals surface area contributed by atoms with E-state index in [1.54, 1.807) is 12.1 Å². The minimum absolute atomic E-state index is 0.0745. The molecule has 0 bridgehead atoms. The third-order valence-corrected chi connectivity index (χ3v) is 3.11. The summed E-state index contributed by atoms with van der Waals surface area (Å²) in [4.78, 5) is 2.66. The molecule has 2 rings (SSSR count). The van der Waals surface area contributed by atoms with Crippen molar-refractivity contribution in [3.63, 3.8) is 0 Å². The Hall–Kier alpha value is -1.17. The van der Waals surface area contributed by atoms with Gasteiger partial charge in [-0.05, 0) is 17.7 Å². The maximum absolute atomic E-state index is 9.29. The average molecular weight is 252 g/mol. The lowest BCUT2D eigenvalue weighted by atomic mass is 10.0. The molecular formula is C12H16N2O2S. The van der Waals surface area contributed by atoms with Gasteiger partial charge in [-0.25, -0.2) is 0 Å². The largest absolute Gasteiger partial charge is 0.508 e. The molecule has 0 saturated carbocycles. The molecular weight excluding hydrogens is 236 g/mol. The second kappa shape index (κ2) is 5.44. The van der Waals surface area contributed by atoms with Gasteiger partial charge in [0, 0.05) is 13.1 Å². The van der Waals surface area contributed by atoms with Gasteiger partial charge in [0.05, 0.1) is 24.2 Å². The van der Waals surface area contributed by atoms with Gasteiger partial charge in [-0.2, -0.15) is 0 Å². The number of nitrogens with two attached hydrogens (primary N) is 1. The van der Waals surface area contributed by atoms with Crippen LogP contribution >= 0.6 is 12.2 Å². The number of phenolic OH excluding ortho intramolecular Hbond substituents is 1. The fourth-order valence-electron chi connectivity index (χ4n) is 2.05. The van der Waals surface area contributed by atoms with E-state index in [2.05, 4.69) is 4.90 Å². The molecule has 0 radical (unpaired) electrons. The number of morpholine rings is 1. The van der Waals surface area contributed by atoms with Crippen molar-refractivity contribution in [3.05, 3.63) is 29.8 Å². The molecule has 1 fully saturated rings. The molecule has 0 amide bonds. The van der Waals surface area contributed by atoms with Gasteiger partial charge >= 0.3 is 0 Å². The van der Waals surface area contributed by atoms with E-state index >= 15 is 0 Å². The molecule has 1 aromatic carbocycles. The lowest BCUT2D eigenvalue weighted by molar-refractivity contribution is 0.0289. The van der Waals surface area contributed by atoms with Crippen molar-refractivity contribution < 1.29 is 9.84 Å². The summed E-state index contributed by atoms with van der Waals surface area (Å²) in [5.74, 6) is 0.248. The second-order valence-electron chi connectivity index (χ2n) is 4.04. The maximum Gasteiger partial charge on any atom is 0.115 e. The van der Waals surface area contributed by atoms with E-state index in [1.165, 1.54) is 0 Å². The normalized spacial score (nSPS) is 18.8. The summed E-state index contributed by atoms with van der Waals surface area (Å²) >= 11 is 5.15. The van der Waals surface area contributed by atoms with Crippen LogP contribution < -0.4 is 5.73 Å². The van der Waals surface area contributed by atoms with Crippen molar-refractivity contribution in [1.82, 2.24) is 4.90 Å². The number of ether oxygens (including phenoxy) is 1. The van der Waals surface area contributed by atoms with Gasteiger partial charge in [-0.1, -0.05) is 24.4 Å². The van der Waals surface area contributed by atoms with Gasteiger partial charge in [0.25, 0.3) is 0 Å². The third-order valence-electron chi connectivity index (χ3n) is 2.89. The Bertz CT molecular complexity index is 388. The number of nitrogens with zero attached hydrogens (tertiary/aromatic N) is 1. The van der Waals surface area contributed by atoms with Crippen molar-refractivity contribution in [2.75, 3.05) is 26.3 Å². The molecule has 0 aromatic heterocycles. The second-order valence-corrected chi connectivity index (χ2v) is 4.52. The summed E-state index contributed by atoms with van der Waals surface area (Å²) in [5.41, 5.74) is 6.84. The summed E-state index contributed by atoms with van der Waals surface area (Å²) in [6.07, 6.45) is 0. The lowest BCUT2D eigenvalue weighted by Crippen LogP contribution is -2.43. The average Bonchev–Trinajstić information content (AvgIpc) is 2.33. The summed E-state index contributed by atoms with van der Waals surface area (Å²) in [5, 5.41) is 9.29. The molecule has 0 spiro atoms. The van der Waals surface area contributed by atoms with Crippen LogP contribution in [0.25, 0.3) is 0 Å². The van der Waals surface area contributed by atoms with Crippen LogP contribution in [-0.4, -0.2) is 41.3 Å². The van der Waals surface area contributed by atoms with E-state index in [9.17, 15) is 5.11 Å². The number of benzene rings is 1. The van der Waals surface area contributed by atoms with E-state index in [1.807, 2.05) is 12.1 Å². The maximum atomic E-state index is 9.29. The minimum atomic E-state index is -0.0745. The van der Waals surface area contributed by atoms with Gasteiger partial charge in [0.1, 0.15) is 5.75 Å². The van der Waals surface area contributed by atoms with Crippen LogP contribution in [0.2, 0.25) is 0 Å². The monoisotopic (exact) mass is 252 g/mol. The molecule has 1 aliphatic rings. The Balaban J connectivity index is 2.21. The van der Waals surface area contributed by atoms with E-state index in [4.69, 9.17) is 22.7 Å². The van der Waals surface area contributed by atoms with Crippen molar-refractivity contribution in [2.24, 2.45) is 5.73 Å². The molecule has 5 heteroatoms. The first kappa shape index (κ1) is 12.3.